The van der Waals surface area contributed by atoms with Crippen LogP contribution in [0.3, 0.4) is 0 Å². The summed E-state index contributed by atoms with van der Waals surface area (Å²) < 4.78 is 0. The van der Waals surface area contributed by atoms with Crippen molar-refractivity contribution in [1.29, 1.82) is 5.26 Å². The lowest BCUT2D eigenvalue weighted by Crippen LogP contribution is -2.22. The molecule has 7 heteroatoms. The Hall–Kier alpha value is -3.79. The number of aromatic nitrogens is 3. The highest BCUT2D eigenvalue weighted by Crippen LogP contribution is 2.15. The van der Waals surface area contributed by atoms with Gasteiger partial charge in [0, 0.05) is 26.0 Å². The molecular formula is C20H18N6O. The lowest BCUT2D eigenvalue weighted by Gasteiger charge is -2.17. The minimum absolute atomic E-state index is 0.189. The van der Waals surface area contributed by atoms with Gasteiger partial charge in [-0.15, -0.1) is 0 Å². The van der Waals surface area contributed by atoms with E-state index in [4.69, 9.17) is 5.26 Å². The number of benzene rings is 1. The monoisotopic (exact) mass is 358 g/mol. The number of rotatable bonds is 6. The number of nitrogens with one attached hydrogen (secondary N) is 1. The van der Waals surface area contributed by atoms with Crippen molar-refractivity contribution in [3.63, 3.8) is 0 Å². The van der Waals surface area contributed by atoms with Gasteiger partial charge >= 0.3 is 0 Å². The molecule has 0 atom stereocenters. The Morgan fingerprint density at radius 2 is 1.93 bits per heavy atom. The summed E-state index contributed by atoms with van der Waals surface area (Å²) in [7, 11) is 1.92. The first-order chi connectivity index (χ1) is 13.2. The maximum absolute atomic E-state index is 12.3. The first kappa shape index (κ1) is 18.0. The zero-order valence-corrected chi connectivity index (χ0v) is 14.8. The Labute approximate surface area is 157 Å². The summed E-state index contributed by atoms with van der Waals surface area (Å²) in [6.45, 7) is 0.764. The zero-order chi connectivity index (χ0) is 19.1. The Morgan fingerprint density at radius 1 is 1.15 bits per heavy atom. The van der Waals surface area contributed by atoms with E-state index < -0.39 is 5.91 Å². The standard InChI is InChI=1S/C20H18N6O/c1-26(11-8-15-6-9-22-10-7-15)19-14-23-18(13-24-19)20(27)25-17-5-3-2-4-16(17)12-21/h2-7,9-10,13-14H,8,11H2,1H3,(H,25,27). The van der Waals surface area contributed by atoms with Crippen LogP contribution in [0.15, 0.2) is 61.2 Å². The third-order valence-electron chi connectivity index (χ3n) is 4.04. The molecule has 7 nitrogen and oxygen atoms in total. The summed E-state index contributed by atoms with van der Waals surface area (Å²) in [5, 5.41) is 11.8. The first-order valence-electron chi connectivity index (χ1n) is 8.40. The SMILES string of the molecule is CN(CCc1ccncc1)c1cnc(C(=O)Nc2ccccc2C#N)cn1. The number of likely N-dealkylation sites (N-methyl/N-ethyl adjacent to an activating group) is 1. The Bertz CT molecular complexity index is 950. The fourth-order valence-corrected chi connectivity index (χ4v) is 2.47. The minimum atomic E-state index is -0.406. The van der Waals surface area contributed by atoms with Crippen LogP contribution in [0.4, 0.5) is 11.5 Å². The van der Waals surface area contributed by atoms with Crippen molar-refractivity contribution in [2.75, 3.05) is 23.8 Å². The molecule has 0 aliphatic carbocycles. The van der Waals surface area contributed by atoms with E-state index in [-0.39, 0.29) is 5.69 Å². The van der Waals surface area contributed by atoms with Crippen LogP contribution in [0.5, 0.6) is 0 Å². The van der Waals surface area contributed by atoms with Crippen molar-refractivity contribution >= 4 is 17.4 Å². The normalized spacial score (nSPS) is 10.1. The van der Waals surface area contributed by atoms with Gasteiger partial charge < -0.3 is 10.2 Å². The van der Waals surface area contributed by atoms with Crippen LogP contribution in [0.25, 0.3) is 0 Å². The average molecular weight is 358 g/mol. The van der Waals surface area contributed by atoms with Gasteiger partial charge in [0.25, 0.3) is 5.91 Å². The molecule has 1 amide bonds. The number of nitriles is 1. The van der Waals surface area contributed by atoms with Crippen LogP contribution in [0, 0.1) is 11.3 Å². The fraction of sp³-hybridized carbons (Fsp3) is 0.150. The topological polar surface area (TPSA) is 94.8 Å². The van der Waals surface area contributed by atoms with Crippen molar-refractivity contribution in [3.05, 3.63) is 78.0 Å². The van der Waals surface area contributed by atoms with Gasteiger partial charge in [-0.25, -0.2) is 9.97 Å². The van der Waals surface area contributed by atoms with Gasteiger partial charge in [0.15, 0.2) is 0 Å². The predicted octanol–water partition coefficient (Wildman–Crippen LogP) is 2.67. The molecule has 0 aliphatic heterocycles. The van der Waals surface area contributed by atoms with E-state index in [1.807, 2.05) is 30.1 Å². The second-order valence-corrected chi connectivity index (χ2v) is 5.90. The second-order valence-electron chi connectivity index (χ2n) is 5.90. The number of amides is 1. The van der Waals surface area contributed by atoms with E-state index in [0.29, 0.717) is 17.1 Å². The number of para-hydroxylation sites is 1. The highest BCUT2D eigenvalue weighted by Gasteiger charge is 2.12. The maximum Gasteiger partial charge on any atom is 0.275 e. The van der Waals surface area contributed by atoms with E-state index in [1.165, 1.54) is 11.8 Å². The number of hydrogen-bond donors (Lipinski definition) is 1. The molecule has 3 rings (SSSR count). The molecule has 0 unspecified atom stereocenters. The van der Waals surface area contributed by atoms with Gasteiger partial charge in [-0.2, -0.15) is 5.26 Å². The maximum atomic E-state index is 12.3. The minimum Gasteiger partial charge on any atom is -0.358 e. The fourth-order valence-electron chi connectivity index (χ4n) is 2.47. The van der Waals surface area contributed by atoms with E-state index >= 15 is 0 Å². The largest absolute Gasteiger partial charge is 0.358 e. The molecule has 0 saturated heterocycles. The van der Waals surface area contributed by atoms with Crippen molar-refractivity contribution in [2.24, 2.45) is 0 Å². The lowest BCUT2D eigenvalue weighted by molar-refractivity contribution is 0.102. The number of carbonyl (C=O) groups excluding carboxylic acids is 1. The van der Waals surface area contributed by atoms with Gasteiger partial charge in [-0.1, -0.05) is 12.1 Å². The number of nitrogens with zero attached hydrogens (tertiary/aromatic N) is 5. The van der Waals surface area contributed by atoms with Crippen LogP contribution in [0.2, 0.25) is 0 Å². The Morgan fingerprint density at radius 3 is 2.63 bits per heavy atom. The lowest BCUT2D eigenvalue weighted by atomic mass is 10.2. The highest BCUT2D eigenvalue weighted by molar-refractivity contribution is 6.03. The molecule has 1 aromatic carbocycles. The van der Waals surface area contributed by atoms with Crippen LogP contribution in [0.1, 0.15) is 21.6 Å². The van der Waals surface area contributed by atoms with Gasteiger partial charge in [0.1, 0.15) is 17.6 Å². The number of pyridine rings is 1. The third kappa shape index (κ3) is 4.64. The van der Waals surface area contributed by atoms with Crippen molar-refractivity contribution in [2.45, 2.75) is 6.42 Å². The summed E-state index contributed by atoms with van der Waals surface area (Å²) in [6, 6.07) is 12.8. The van der Waals surface area contributed by atoms with Crippen molar-refractivity contribution in [1.82, 2.24) is 15.0 Å². The van der Waals surface area contributed by atoms with E-state index in [1.54, 1.807) is 42.9 Å². The van der Waals surface area contributed by atoms with Crippen LogP contribution in [-0.2, 0) is 6.42 Å². The quantitative estimate of drug-likeness (QED) is 0.728. The Balaban J connectivity index is 1.62. The average Bonchev–Trinajstić information content (AvgIpc) is 2.73. The molecule has 0 bridgehead atoms. The molecular weight excluding hydrogens is 340 g/mol. The van der Waals surface area contributed by atoms with Gasteiger partial charge in [0.05, 0.1) is 23.6 Å². The van der Waals surface area contributed by atoms with Crippen molar-refractivity contribution < 1.29 is 4.79 Å². The molecule has 2 aromatic heterocycles. The number of anilines is 2. The second kappa shape index (κ2) is 8.54. The summed E-state index contributed by atoms with van der Waals surface area (Å²) in [6.07, 6.45) is 7.40. The van der Waals surface area contributed by atoms with E-state index in [2.05, 4.69) is 20.3 Å². The predicted molar refractivity (Wildman–Crippen MR) is 102 cm³/mol. The molecule has 0 fully saturated rings. The smallest absolute Gasteiger partial charge is 0.275 e. The summed E-state index contributed by atoms with van der Waals surface area (Å²) in [5.41, 5.74) is 2.22. The molecule has 0 spiro atoms. The molecule has 27 heavy (non-hydrogen) atoms. The molecule has 0 saturated carbocycles. The van der Waals surface area contributed by atoms with Gasteiger partial charge in [-0.05, 0) is 36.2 Å². The Kier molecular flexibility index (Phi) is 5.70. The number of carbonyl (C=O) groups is 1. The number of hydrogen-bond acceptors (Lipinski definition) is 6. The molecule has 1 N–H and O–H groups in total. The summed E-state index contributed by atoms with van der Waals surface area (Å²) in [5.74, 6) is 0.272. The summed E-state index contributed by atoms with van der Waals surface area (Å²) >= 11 is 0. The molecule has 0 radical (unpaired) electrons. The van der Waals surface area contributed by atoms with Gasteiger partial charge in [-0.3, -0.25) is 9.78 Å². The molecule has 134 valence electrons. The molecule has 2 heterocycles. The zero-order valence-electron chi connectivity index (χ0n) is 14.8. The van der Waals surface area contributed by atoms with Crippen LogP contribution < -0.4 is 10.2 Å². The van der Waals surface area contributed by atoms with Crippen LogP contribution >= 0.6 is 0 Å². The van der Waals surface area contributed by atoms with Crippen molar-refractivity contribution in [3.8, 4) is 6.07 Å². The van der Waals surface area contributed by atoms with Crippen LogP contribution in [-0.4, -0.2) is 34.5 Å². The van der Waals surface area contributed by atoms with E-state index in [9.17, 15) is 4.79 Å². The summed E-state index contributed by atoms with van der Waals surface area (Å²) in [4.78, 5) is 26.8. The first-order valence-corrected chi connectivity index (χ1v) is 8.40. The highest BCUT2D eigenvalue weighted by atomic mass is 16.1. The molecule has 0 aliphatic rings. The van der Waals surface area contributed by atoms with Gasteiger partial charge in [0.2, 0.25) is 0 Å². The third-order valence-corrected chi connectivity index (χ3v) is 4.04. The van der Waals surface area contributed by atoms with E-state index in [0.717, 1.165) is 13.0 Å². The molecule has 3 aromatic rings.